The molecule has 0 spiro atoms. The lowest BCUT2D eigenvalue weighted by Gasteiger charge is -2.23. The Morgan fingerprint density at radius 1 is 1.44 bits per heavy atom. The normalized spacial score (nSPS) is 16.2. The molecule has 1 aliphatic heterocycles. The van der Waals surface area contributed by atoms with Crippen LogP contribution in [0.2, 0.25) is 0 Å². The van der Waals surface area contributed by atoms with Gasteiger partial charge in [0.25, 0.3) is 0 Å². The predicted octanol–water partition coefficient (Wildman–Crippen LogP) is 1.13. The van der Waals surface area contributed by atoms with Crippen LogP contribution in [0, 0.1) is 11.3 Å². The van der Waals surface area contributed by atoms with Gasteiger partial charge in [-0.25, -0.2) is 4.98 Å². The van der Waals surface area contributed by atoms with E-state index in [-0.39, 0.29) is 0 Å². The highest BCUT2D eigenvalue weighted by atomic mass is 16.5. The van der Waals surface area contributed by atoms with Crippen LogP contribution < -0.4 is 10.6 Å². The van der Waals surface area contributed by atoms with E-state index in [0.717, 1.165) is 31.7 Å². The Balaban J connectivity index is 1.67. The van der Waals surface area contributed by atoms with Gasteiger partial charge < -0.3 is 15.4 Å². The second kappa shape index (κ2) is 6.94. The molecular weight excluding hydrogens is 228 g/mol. The molecule has 1 aromatic heterocycles. The highest BCUT2D eigenvalue weighted by Gasteiger charge is 2.12. The number of aromatic nitrogens is 1. The van der Waals surface area contributed by atoms with Gasteiger partial charge in [0.15, 0.2) is 0 Å². The summed E-state index contributed by atoms with van der Waals surface area (Å²) in [4.78, 5) is 4.14. The molecule has 0 aromatic carbocycles. The molecule has 2 heterocycles. The van der Waals surface area contributed by atoms with Crippen LogP contribution in [0.1, 0.15) is 18.5 Å². The first kappa shape index (κ1) is 12.8. The van der Waals surface area contributed by atoms with Crippen molar-refractivity contribution < 1.29 is 4.74 Å². The fraction of sp³-hybridized carbons (Fsp3) is 0.538. The van der Waals surface area contributed by atoms with Gasteiger partial charge in [-0.2, -0.15) is 5.26 Å². The number of hydrogen-bond donors (Lipinski definition) is 2. The van der Waals surface area contributed by atoms with Gasteiger partial charge in [-0.15, -0.1) is 0 Å². The minimum absolute atomic E-state index is 0.381. The van der Waals surface area contributed by atoms with Gasteiger partial charge >= 0.3 is 0 Å². The molecule has 18 heavy (non-hydrogen) atoms. The summed E-state index contributed by atoms with van der Waals surface area (Å²) >= 11 is 0. The molecule has 1 aliphatic rings. The molecule has 1 fully saturated rings. The number of rotatable bonds is 5. The van der Waals surface area contributed by atoms with Crippen LogP contribution in [0.5, 0.6) is 0 Å². The van der Waals surface area contributed by atoms with Gasteiger partial charge in [-0.05, 0) is 38.1 Å². The summed E-state index contributed by atoms with van der Waals surface area (Å²) < 4.78 is 5.77. The SMILES string of the molecule is N#Cc1cccc(NCCOC2CCNCC2)n1. The van der Waals surface area contributed by atoms with Crippen LogP contribution in [-0.4, -0.2) is 37.3 Å². The fourth-order valence-corrected chi connectivity index (χ4v) is 1.96. The average Bonchev–Trinajstić information content (AvgIpc) is 2.45. The third-order valence-electron chi connectivity index (χ3n) is 2.91. The Kier molecular flexibility index (Phi) is 4.94. The van der Waals surface area contributed by atoms with Gasteiger partial charge in [0.2, 0.25) is 0 Å². The molecule has 0 aliphatic carbocycles. The molecule has 1 saturated heterocycles. The maximum absolute atomic E-state index is 8.73. The van der Waals surface area contributed by atoms with Crippen molar-refractivity contribution in [2.75, 3.05) is 31.6 Å². The first-order valence-electron chi connectivity index (χ1n) is 6.32. The highest BCUT2D eigenvalue weighted by molar-refractivity contribution is 5.38. The van der Waals surface area contributed by atoms with Crippen LogP contribution in [0.3, 0.4) is 0 Å². The van der Waals surface area contributed by atoms with Crippen molar-refractivity contribution in [3.05, 3.63) is 23.9 Å². The maximum atomic E-state index is 8.73. The van der Waals surface area contributed by atoms with Crippen molar-refractivity contribution >= 4 is 5.82 Å². The molecule has 5 heteroatoms. The van der Waals surface area contributed by atoms with Crippen molar-refractivity contribution in [2.45, 2.75) is 18.9 Å². The number of nitrogens with one attached hydrogen (secondary N) is 2. The third-order valence-corrected chi connectivity index (χ3v) is 2.91. The summed E-state index contributed by atoms with van der Waals surface area (Å²) in [6, 6.07) is 7.38. The Morgan fingerprint density at radius 3 is 3.06 bits per heavy atom. The van der Waals surface area contributed by atoms with E-state index in [9.17, 15) is 0 Å². The molecular formula is C13H18N4O. The Bertz CT molecular complexity index is 410. The molecule has 1 aromatic rings. The quantitative estimate of drug-likeness (QED) is 0.762. The van der Waals surface area contributed by atoms with Crippen LogP contribution in [0.4, 0.5) is 5.82 Å². The maximum Gasteiger partial charge on any atom is 0.142 e. The minimum Gasteiger partial charge on any atom is -0.376 e. The number of nitrogens with zero attached hydrogens (tertiary/aromatic N) is 2. The van der Waals surface area contributed by atoms with Crippen LogP contribution in [-0.2, 0) is 4.74 Å². The monoisotopic (exact) mass is 246 g/mol. The van der Waals surface area contributed by atoms with Gasteiger partial charge in [0.1, 0.15) is 17.6 Å². The van der Waals surface area contributed by atoms with E-state index in [1.807, 2.05) is 18.2 Å². The molecule has 96 valence electrons. The van der Waals surface area contributed by atoms with E-state index in [4.69, 9.17) is 10.00 Å². The van der Waals surface area contributed by atoms with Gasteiger partial charge in [0, 0.05) is 6.54 Å². The van der Waals surface area contributed by atoms with E-state index in [2.05, 4.69) is 15.6 Å². The molecule has 0 unspecified atom stereocenters. The second-order valence-electron chi connectivity index (χ2n) is 4.27. The number of ether oxygens (including phenoxy) is 1. The topological polar surface area (TPSA) is 70.0 Å². The standard InChI is InChI=1S/C13H18N4O/c14-10-11-2-1-3-13(17-11)16-8-9-18-12-4-6-15-7-5-12/h1-3,12,15H,4-9H2,(H,16,17). The number of pyridine rings is 1. The lowest BCUT2D eigenvalue weighted by molar-refractivity contribution is 0.0394. The number of hydrogen-bond acceptors (Lipinski definition) is 5. The molecule has 0 bridgehead atoms. The zero-order valence-corrected chi connectivity index (χ0v) is 10.4. The zero-order valence-electron chi connectivity index (χ0n) is 10.4. The molecule has 0 radical (unpaired) electrons. The Hall–Kier alpha value is -1.64. The first-order chi connectivity index (χ1) is 8.88. The molecule has 2 rings (SSSR count). The van der Waals surface area contributed by atoms with E-state index in [1.54, 1.807) is 6.07 Å². The number of nitriles is 1. The fourth-order valence-electron chi connectivity index (χ4n) is 1.96. The average molecular weight is 246 g/mol. The molecule has 0 saturated carbocycles. The van der Waals surface area contributed by atoms with Crippen LogP contribution in [0.25, 0.3) is 0 Å². The summed E-state index contributed by atoms with van der Waals surface area (Å²) in [5.74, 6) is 0.725. The number of anilines is 1. The summed E-state index contributed by atoms with van der Waals surface area (Å²) in [7, 11) is 0. The van der Waals surface area contributed by atoms with Crippen molar-refractivity contribution in [3.8, 4) is 6.07 Å². The minimum atomic E-state index is 0.381. The predicted molar refractivity (Wildman–Crippen MR) is 69.3 cm³/mol. The third kappa shape index (κ3) is 3.99. The van der Waals surface area contributed by atoms with E-state index >= 15 is 0 Å². The second-order valence-corrected chi connectivity index (χ2v) is 4.27. The van der Waals surface area contributed by atoms with Crippen molar-refractivity contribution in [2.24, 2.45) is 0 Å². The Labute approximate surface area is 107 Å². The van der Waals surface area contributed by atoms with Crippen LogP contribution >= 0.6 is 0 Å². The van der Waals surface area contributed by atoms with Crippen molar-refractivity contribution in [1.29, 1.82) is 5.26 Å². The lowest BCUT2D eigenvalue weighted by Crippen LogP contribution is -2.33. The van der Waals surface area contributed by atoms with Gasteiger partial charge in [0.05, 0.1) is 12.7 Å². The summed E-state index contributed by atoms with van der Waals surface area (Å²) in [6.45, 7) is 3.47. The van der Waals surface area contributed by atoms with Crippen LogP contribution in [0.15, 0.2) is 18.2 Å². The molecule has 0 amide bonds. The molecule has 5 nitrogen and oxygen atoms in total. The van der Waals surface area contributed by atoms with E-state index < -0.39 is 0 Å². The first-order valence-corrected chi connectivity index (χ1v) is 6.32. The van der Waals surface area contributed by atoms with Gasteiger partial charge in [-0.3, -0.25) is 0 Å². The van der Waals surface area contributed by atoms with Crippen molar-refractivity contribution in [3.63, 3.8) is 0 Å². The van der Waals surface area contributed by atoms with E-state index in [1.165, 1.54) is 0 Å². The summed E-state index contributed by atoms with van der Waals surface area (Å²) in [6.07, 6.45) is 2.55. The summed E-state index contributed by atoms with van der Waals surface area (Å²) in [5.41, 5.74) is 0.430. The summed E-state index contributed by atoms with van der Waals surface area (Å²) in [5, 5.41) is 15.2. The number of piperidine rings is 1. The smallest absolute Gasteiger partial charge is 0.142 e. The Morgan fingerprint density at radius 2 is 2.28 bits per heavy atom. The largest absolute Gasteiger partial charge is 0.376 e. The molecule has 0 atom stereocenters. The molecule has 2 N–H and O–H groups in total. The highest BCUT2D eigenvalue weighted by Crippen LogP contribution is 2.07. The van der Waals surface area contributed by atoms with Crippen molar-refractivity contribution in [1.82, 2.24) is 10.3 Å². The zero-order chi connectivity index (χ0) is 12.6. The van der Waals surface area contributed by atoms with Gasteiger partial charge in [-0.1, -0.05) is 6.07 Å². The van der Waals surface area contributed by atoms with E-state index in [0.29, 0.717) is 24.9 Å². The lowest BCUT2D eigenvalue weighted by atomic mass is 10.1.